The van der Waals surface area contributed by atoms with Crippen LogP contribution in [0.4, 0.5) is 26.0 Å². The Bertz CT molecular complexity index is 1400. The zero-order valence-electron chi connectivity index (χ0n) is 19.9. The maximum Gasteiger partial charge on any atom is 0.258 e. The van der Waals surface area contributed by atoms with E-state index in [4.69, 9.17) is 4.74 Å². The Labute approximate surface area is 207 Å². The largest absolute Gasteiger partial charge is 0.381 e. The van der Waals surface area contributed by atoms with Crippen LogP contribution in [0.1, 0.15) is 42.1 Å². The van der Waals surface area contributed by atoms with Gasteiger partial charge in [0.2, 0.25) is 10.0 Å². The van der Waals surface area contributed by atoms with E-state index >= 15 is 4.39 Å². The number of carbonyl (C=O) groups excluding carboxylic acids is 1. The number of hydrogen-bond donors (Lipinski definition) is 3. The molecular weight excluding hydrogens is 492 g/mol. The fourth-order valence-corrected chi connectivity index (χ4v) is 5.18. The van der Waals surface area contributed by atoms with Crippen LogP contribution >= 0.6 is 0 Å². The number of aromatic nitrogens is 2. The number of rotatable bonds is 8. The third-order valence-electron chi connectivity index (χ3n) is 5.76. The number of ether oxygens (including phenoxy) is 1. The van der Waals surface area contributed by atoms with Gasteiger partial charge in [0, 0.05) is 24.6 Å². The lowest BCUT2D eigenvalue weighted by atomic mass is 10.0. The fourth-order valence-electron chi connectivity index (χ4n) is 4.05. The van der Waals surface area contributed by atoms with Crippen molar-refractivity contribution < 1.29 is 26.7 Å². The van der Waals surface area contributed by atoms with Gasteiger partial charge in [0.15, 0.2) is 5.82 Å². The highest BCUT2D eigenvalue weighted by molar-refractivity contribution is 7.92. The van der Waals surface area contributed by atoms with E-state index in [9.17, 15) is 17.6 Å². The molecule has 1 fully saturated rings. The van der Waals surface area contributed by atoms with Crippen molar-refractivity contribution in [2.75, 3.05) is 34.3 Å². The molecule has 192 valence electrons. The maximum absolute atomic E-state index is 15.1. The lowest BCUT2D eigenvalue weighted by Gasteiger charge is -2.24. The fraction of sp³-hybridized carbons (Fsp3) is 0.375. The molecule has 0 bridgehead atoms. The van der Waals surface area contributed by atoms with Crippen LogP contribution in [0, 0.1) is 18.6 Å². The molecule has 9 nitrogen and oxygen atoms in total. The standard InChI is InChI=1S/C24H27F2N5O4S/c1-3-10-36(33,34)31-19-5-4-18(25)22(20(19)26)30-24(32)17-12-14(2)11-16-21(17)27-13-28-23(16)29-15-6-8-35-9-7-15/h4-5,11-13,15,31H,3,6-10H2,1-2H3,(H,30,32)(H,27,28,29). The van der Waals surface area contributed by atoms with Crippen molar-refractivity contribution in [1.29, 1.82) is 0 Å². The molecule has 1 aliphatic rings. The summed E-state index contributed by atoms with van der Waals surface area (Å²) in [6, 6.07) is 5.40. The minimum absolute atomic E-state index is 0.0956. The quantitative estimate of drug-likeness (QED) is 0.407. The second-order valence-electron chi connectivity index (χ2n) is 8.62. The van der Waals surface area contributed by atoms with Crippen LogP contribution in [0.25, 0.3) is 10.9 Å². The maximum atomic E-state index is 15.1. The van der Waals surface area contributed by atoms with Gasteiger partial charge in [-0.05, 0) is 56.0 Å². The molecule has 0 spiro atoms. The number of benzene rings is 2. The van der Waals surface area contributed by atoms with Crippen LogP contribution in [-0.2, 0) is 14.8 Å². The first kappa shape index (κ1) is 25.7. The van der Waals surface area contributed by atoms with E-state index in [2.05, 4.69) is 25.3 Å². The van der Waals surface area contributed by atoms with Crippen LogP contribution in [0.5, 0.6) is 0 Å². The van der Waals surface area contributed by atoms with Crippen molar-refractivity contribution in [3.63, 3.8) is 0 Å². The molecule has 0 radical (unpaired) electrons. The molecule has 36 heavy (non-hydrogen) atoms. The summed E-state index contributed by atoms with van der Waals surface area (Å²) in [4.78, 5) is 21.8. The number of amides is 1. The summed E-state index contributed by atoms with van der Waals surface area (Å²) >= 11 is 0. The average molecular weight is 520 g/mol. The van der Waals surface area contributed by atoms with Gasteiger partial charge < -0.3 is 15.4 Å². The van der Waals surface area contributed by atoms with E-state index in [0.717, 1.165) is 30.5 Å². The zero-order chi connectivity index (χ0) is 25.9. The van der Waals surface area contributed by atoms with Crippen molar-refractivity contribution in [3.05, 3.63) is 53.4 Å². The first-order valence-electron chi connectivity index (χ1n) is 11.6. The number of halogens is 2. The Hall–Kier alpha value is -3.38. The van der Waals surface area contributed by atoms with E-state index in [-0.39, 0.29) is 17.4 Å². The number of sulfonamides is 1. The summed E-state index contributed by atoms with van der Waals surface area (Å²) in [6.07, 6.45) is 3.25. The van der Waals surface area contributed by atoms with Crippen molar-refractivity contribution in [2.24, 2.45) is 0 Å². The van der Waals surface area contributed by atoms with E-state index in [1.165, 1.54) is 6.33 Å². The molecule has 12 heteroatoms. The highest BCUT2D eigenvalue weighted by atomic mass is 32.2. The summed E-state index contributed by atoms with van der Waals surface area (Å²) in [5, 5.41) is 6.22. The highest BCUT2D eigenvalue weighted by Crippen LogP contribution is 2.30. The minimum atomic E-state index is -3.83. The molecule has 2 aromatic carbocycles. The Morgan fingerprint density at radius 3 is 2.64 bits per heavy atom. The van der Waals surface area contributed by atoms with Crippen molar-refractivity contribution in [1.82, 2.24) is 9.97 Å². The first-order valence-corrected chi connectivity index (χ1v) is 13.2. The van der Waals surface area contributed by atoms with Crippen LogP contribution in [0.3, 0.4) is 0 Å². The van der Waals surface area contributed by atoms with Gasteiger partial charge in [0.25, 0.3) is 5.91 Å². The van der Waals surface area contributed by atoms with E-state index in [1.807, 2.05) is 6.07 Å². The SMILES string of the molecule is CCCS(=O)(=O)Nc1ccc(F)c(NC(=O)c2cc(C)cc3c(NC4CCOCC4)ncnc23)c1F. The zero-order valence-corrected chi connectivity index (χ0v) is 20.7. The molecule has 4 rings (SSSR count). The van der Waals surface area contributed by atoms with Crippen molar-refractivity contribution in [3.8, 4) is 0 Å². The molecule has 0 saturated carbocycles. The Morgan fingerprint density at radius 2 is 1.92 bits per heavy atom. The summed E-state index contributed by atoms with van der Waals surface area (Å²) < 4.78 is 61.2. The number of nitrogens with zero attached hydrogens (tertiary/aromatic N) is 2. The third-order valence-corrected chi connectivity index (χ3v) is 7.23. The van der Waals surface area contributed by atoms with E-state index in [0.29, 0.717) is 36.4 Å². The van der Waals surface area contributed by atoms with Crippen molar-refractivity contribution in [2.45, 2.75) is 39.2 Å². The van der Waals surface area contributed by atoms with Gasteiger partial charge in [-0.15, -0.1) is 0 Å². The van der Waals surface area contributed by atoms with Gasteiger partial charge in [-0.3, -0.25) is 9.52 Å². The summed E-state index contributed by atoms with van der Waals surface area (Å²) in [5.41, 5.74) is -0.0959. The summed E-state index contributed by atoms with van der Waals surface area (Å²) in [7, 11) is -3.83. The first-order chi connectivity index (χ1) is 17.2. The van der Waals surface area contributed by atoms with Gasteiger partial charge in [0.05, 0.1) is 22.5 Å². The van der Waals surface area contributed by atoms with Gasteiger partial charge in [0.1, 0.15) is 23.6 Å². The Kier molecular flexibility index (Phi) is 7.65. The summed E-state index contributed by atoms with van der Waals surface area (Å²) in [5.74, 6) is -2.76. The molecule has 2 heterocycles. The lowest BCUT2D eigenvalue weighted by molar-refractivity contribution is 0.0904. The third kappa shape index (κ3) is 5.71. The number of carbonyl (C=O) groups is 1. The van der Waals surface area contributed by atoms with Crippen LogP contribution in [0.2, 0.25) is 0 Å². The Balaban J connectivity index is 1.67. The van der Waals surface area contributed by atoms with Crippen LogP contribution in [0.15, 0.2) is 30.6 Å². The predicted molar refractivity (Wildman–Crippen MR) is 134 cm³/mol. The molecule has 1 saturated heterocycles. The number of hydrogen-bond acceptors (Lipinski definition) is 7. The molecule has 1 aliphatic heterocycles. The second kappa shape index (κ2) is 10.7. The predicted octanol–water partition coefficient (Wildman–Crippen LogP) is 4.21. The molecule has 1 amide bonds. The average Bonchev–Trinajstić information content (AvgIpc) is 2.84. The molecule has 3 N–H and O–H groups in total. The van der Waals surface area contributed by atoms with Gasteiger partial charge in [-0.25, -0.2) is 27.2 Å². The molecule has 0 atom stereocenters. The highest BCUT2D eigenvalue weighted by Gasteiger charge is 2.23. The number of anilines is 3. The molecule has 0 aliphatic carbocycles. The second-order valence-corrected chi connectivity index (χ2v) is 10.5. The molecule has 3 aromatic rings. The van der Waals surface area contributed by atoms with Crippen LogP contribution < -0.4 is 15.4 Å². The smallest absolute Gasteiger partial charge is 0.258 e. The molecular formula is C24H27F2N5O4S. The van der Waals surface area contributed by atoms with Gasteiger partial charge in [-0.1, -0.05) is 6.92 Å². The van der Waals surface area contributed by atoms with Crippen LogP contribution in [-0.4, -0.2) is 49.3 Å². The van der Waals surface area contributed by atoms with Crippen molar-refractivity contribution >= 4 is 44.0 Å². The topological polar surface area (TPSA) is 122 Å². The van der Waals surface area contributed by atoms with Gasteiger partial charge in [-0.2, -0.15) is 0 Å². The molecule has 0 unspecified atom stereocenters. The van der Waals surface area contributed by atoms with E-state index in [1.54, 1.807) is 19.9 Å². The minimum Gasteiger partial charge on any atom is -0.381 e. The lowest BCUT2D eigenvalue weighted by Crippen LogP contribution is -2.28. The number of aryl methyl sites for hydroxylation is 1. The number of fused-ring (bicyclic) bond motifs is 1. The molecule has 1 aromatic heterocycles. The van der Waals surface area contributed by atoms with E-state index < -0.39 is 38.9 Å². The van der Waals surface area contributed by atoms with Gasteiger partial charge >= 0.3 is 0 Å². The Morgan fingerprint density at radius 1 is 1.17 bits per heavy atom. The normalized spacial score (nSPS) is 14.6. The number of nitrogens with one attached hydrogen (secondary N) is 3. The monoisotopic (exact) mass is 519 g/mol. The summed E-state index contributed by atoms with van der Waals surface area (Å²) in [6.45, 7) is 4.72.